The van der Waals surface area contributed by atoms with Gasteiger partial charge in [0.1, 0.15) is 0 Å². The largest absolute Gasteiger partial charge is 0.467 e. The van der Waals surface area contributed by atoms with Crippen LogP contribution in [-0.2, 0) is 0 Å². The monoisotopic (exact) mass is 271 g/mol. The van der Waals surface area contributed by atoms with Gasteiger partial charge in [-0.05, 0) is 37.5 Å². The Morgan fingerprint density at radius 3 is 2.83 bits per heavy atom. The SMILES string of the molecule is COc1nc(Cl)nc(NC2CCN(C)CC2C)n1. The van der Waals surface area contributed by atoms with Gasteiger partial charge in [-0.1, -0.05) is 6.92 Å². The number of methoxy groups -OCH3 is 1. The van der Waals surface area contributed by atoms with Gasteiger partial charge in [-0.3, -0.25) is 0 Å². The van der Waals surface area contributed by atoms with Gasteiger partial charge in [0.2, 0.25) is 11.2 Å². The maximum atomic E-state index is 5.82. The van der Waals surface area contributed by atoms with Gasteiger partial charge in [-0.2, -0.15) is 15.0 Å². The normalized spacial score (nSPS) is 24.9. The molecular weight excluding hydrogens is 254 g/mol. The molecule has 1 aromatic heterocycles. The smallest absolute Gasteiger partial charge is 0.322 e. The standard InChI is InChI=1S/C11H18ClN5O/c1-7-6-17(2)5-4-8(7)13-10-14-9(12)15-11(16-10)18-3/h7-8H,4-6H2,1-3H3,(H,13,14,15,16). The molecule has 0 radical (unpaired) electrons. The van der Waals surface area contributed by atoms with E-state index >= 15 is 0 Å². The highest BCUT2D eigenvalue weighted by atomic mass is 35.5. The molecule has 6 nitrogen and oxygen atoms in total. The van der Waals surface area contributed by atoms with Gasteiger partial charge >= 0.3 is 6.01 Å². The Bertz CT molecular complexity index is 416. The van der Waals surface area contributed by atoms with E-state index in [0.29, 0.717) is 17.9 Å². The number of aromatic nitrogens is 3. The van der Waals surface area contributed by atoms with Crippen molar-refractivity contribution in [3.8, 4) is 6.01 Å². The van der Waals surface area contributed by atoms with Gasteiger partial charge < -0.3 is 15.0 Å². The van der Waals surface area contributed by atoms with E-state index in [1.807, 2.05) is 0 Å². The fourth-order valence-corrected chi connectivity index (χ4v) is 2.37. The van der Waals surface area contributed by atoms with Crippen LogP contribution in [0.5, 0.6) is 6.01 Å². The Balaban J connectivity index is 2.06. The third kappa shape index (κ3) is 3.20. The highest BCUT2D eigenvalue weighted by Crippen LogP contribution is 2.20. The summed E-state index contributed by atoms with van der Waals surface area (Å²) >= 11 is 5.82. The van der Waals surface area contributed by atoms with Crippen LogP contribution in [0.2, 0.25) is 5.28 Å². The number of nitrogens with one attached hydrogen (secondary N) is 1. The maximum Gasteiger partial charge on any atom is 0.322 e. The second-order valence-corrected chi connectivity index (χ2v) is 5.03. The summed E-state index contributed by atoms with van der Waals surface area (Å²) in [4.78, 5) is 14.4. The highest BCUT2D eigenvalue weighted by Gasteiger charge is 2.24. The molecule has 100 valence electrons. The molecule has 1 fully saturated rings. The number of nitrogens with zero attached hydrogens (tertiary/aromatic N) is 4. The molecule has 18 heavy (non-hydrogen) atoms. The minimum Gasteiger partial charge on any atom is -0.467 e. The van der Waals surface area contributed by atoms with Crippen molar-refractivity contribution in [2.75, 3.05) is 32.6 Å². The molecule has 2 unspecified atom stereocenters. The molecule has 2 rings (SSSR count). The van der Waals surface area contributed by atoms with E-state index in [1.165, 1.54) is 7.11 Å². The first-order valence-electron chi connectivity index (χ1n) is 5.99. The molecule has 7 heteroatoms. The van der Waals surface area contributed by atoms with E-state index in [-0.39, 0.29) is 11.3 Å². The molecule has 0 spiro atoms. The first-order valence-corrected chi connectivity index (χ1v) is 6.37. The number of rotatable bonds is 3. The average molecular weight is 272 g/mol. The first kappa shape index (κ1) is 13.3. The summed E-state index contributed by atoms with van der Waals surface area (Å²) in [6.45, 7) is 4.35. The van der Waals surface area contributed by atoms with Gasteiger partial charge in [0, 0.05) is 12.6 Å². The van der Waals surface area contributed by atoms with Gasteiger partial charge in [-0.25, -0.2) is 0 Å². The topological polar surface area (TPSA) is 63.2 Å². The summed E-state index contributed by atoms with van der Waals surface area (Å²) < 4.78 is 4.97. The van der Waals surface area contributed by atoms with Gasteiger partial charge in [0.15, 0.2) is 0 Å². The van der Waals surface area contributed by atoms with Crippen LogP contribution in [0.3, 0.4) is 0 Å². The molecule has 1 aromatic rings. The number of anilines is 1. The lowest BCUT2D eigenvalue weighted by atomic mass is 9.94. The van der Waals surface area contributed by atoms with Crippen molar-refractivity contribution in [3.63, 3.8) is 0 Å². The molecule has 2 heterocycles. The average Bonchev–Trinajstić information content (AvgIpc) is 2.32. The Hall–Kier alpha value is -1.14. The summed E-state index contributed by atoms with van der Waals surface area (Å²) in [5.41, 5.74) is 0. The molecule has 0 saturated carbocycles. The molecule has 0 amide bonds. The number of likely N-dealkylation sites (tertiary alicyclic amines) is 1. The van der Waals surface area contributed by atoms with Crippen molar-refractivity contribution < 1.29 is 4.74 Å². The third-order valence-electron chi connectivity index (χ3n) is 3.19. The van der Waals surface area contributed by atoms with Crippen LogP contribution in [0.1, 0.15) is 13.3 Å². The zero-order valence-electron chi connectivity index (χ0n) is 10.9. The molecule has 2 atom stereocenters. The summed E-state index contributed by atoms with van der Waals surface area (Å²) in [5, 5.41) is 3.46. The van der Waals surface area contributed by atoms with Gasteiger partial charge in [0.25, 0.3) is 0 Å². The van der Waals surface area contributed by atoms with Crippen LogP contribution in [0.15, 0.2) is 0 Å². The van der Waals surface area contributed by atoms with Gasteiger partial charge in [0.05, 0.1) is 7.11 Å². The fraction of sp³-hybridized carbons (Fsp3) is 0.727. The van der Waals surface area contributed by atoms with E-state index in [9.17, 15) is 0 Å². The molecule has 0 aromatic carbocycles. The second kappa shape index (κ2) is 5.67. The van der Waals surface area contributed by atoms with Crippen LogP contribution in [0, 0.1) is 5.92 Å². The lowest BCUT2D eigenvalue weighted by Crippen LogP contribution is -2.43. The second-order valence-electron chi connectivity index (χ2n) is 4.69. The number of ether oxygens (including phenoxy) is 1. The Labute approximate surface area is 112 Å². The lowest BCUT2D eigenvalue weighted by Gasteiger charge is -2.35. The Morgan fingerprint density at radius 1 is 1.39 bits per heavy atom. The zero-order chi connectivity index (χ0) is 13.1. The highest BCUT2D eigenvalue weighted by molar-refractivity contribution is 6.28. The molecule has 0 aliphatic carbocycles. The summed E-state index contributed by atoms with van der Waals surface area (Å²) in [7, 11) is 3.64. The fourth-order valence-electron chi connectivity index (χ4n) is 2.22. The molecule has 1 aliphatic heterocycles. The minimum absolute atomic E-state index is 0.143. The number of piperidine rings is 1. The number of hydrogen-bond acceptors (Lipinski definition) is 6. The van der Waals surface area contributed by atoms with Crippen molar-refractivity contribution in [1.29, 1.82) is 0 Å². The molecule has 1 N–H and O–H groups in total. The van der Waals surface area contributed by atoms with Crippen LogP contribution < -0.4 is 10.1 Å². The van der Waals surface area contributed by atoms with E-state index in [2.05, 4.69) is 39.1 Å². The Kier molecular flexibility index (Phi) is 4.19. The number of halogens is 1. The third-order valence-corrected chi connectivity index (χ3v) is 3.36. The van der Waals surface area contributed by atoms with Crippen molar-refractivity contribution in [2.24, 2.45) is 5.92 Å². The Morgan fingerprint density at radius 2 is 2.17 bits per heavy atom. The predicted octanol–water partition coefficient (Wildman–Crippen LogP) is 1.29. The van der Waals surface area contributed by atoms with E-state index in [4.69, 9.17) is 16.3 Å². The van der Waals surface area contributed by atoms with Crippen molar-refractivity contribution in [2.45, 2.75) is 19.4 Å². The first-order chi connectivity index (χ1) is 8.58. The predicted molar refractivity (Wildman–Crippen MR) is 70.1 cm³/mol. The summed E-state index contributed by atoms with van der Waals surface area (Å²) in [5.74, 6) is 1.01. The summed E-state index contributed by atoms with van der Waals surface area (Å²) in [6.07, 6.45) is 1.06. The summed E-state index contributed by atoms with van der Waals surface area (Å²) in [6, 6.07) is 0.586. The van der Waals surface area contributed by atoms with Crippen LogP contribution in [0.25, 0.3) is 0 Å². The van der Waals surface area contributed by atoms with Crippen molar-refractivity contribution >= 4 is 17.5 Å². The quantitative estimate of drug-likeness (QED) is 0.894. The van der Waals surface area contributed by atoms with Crippen LogP contribution in [0.4, 0.5) is 5.95 Å². The molecular formula is C11H18ClN5O. The van der Waals surface area contributed by atoms with Gasteiger partial charge in [-0.15, -0.1) is 0 Å². The van der Waals surface area contributed by atoms with Crippen LogP contribution >= 0.6 is 11.6 Å². The van der Waals surface area contributed by atoms with E-state index in [1.54, 1.807) is 0 Å². The van der Waals surface area contributed by atoms with Crippen molar-refractivity contribution in [3.05, 3.63) is 5.28 Å². The maximum absolute atomic E-state index is 5.82. The van der Waals surface area contributed by atoms with Crippen molar-refractivity contribution in [1.82, 2.24) is 19.9 Å². The minimum atomic E-state index is 0.143. The van der Waals surface area contributed by atoms with E-state index in [0.717, 1.165) is 19.5 Å². The zero-order valence-corrected chi connectivity index (χ0v) is 11.6. The molecule has 1 saturated heterocycles. The molecule has 1 aliphatic rings. The lowest BCUT2D eigenvalue weighted by molar-refractivity contribution is 0.205. The molecule has 0 bridgehead atoms. The number of hydrogen-bond donors (Lipinski definition) is 1. The van der Waals surface area contributed by atoms with Crippen LogP contribution in [-0.4, -0.2) is 53.1 Å². The van der Waals surface area contributed by atoms with E-state index < -0.39 is 0 Å².